The summed E-state index contributed by atoms with van der Waals surface area (Å²) in [6.45, 7) is -0.461. The largest absolute Gasteiger partial charge is 0.465 e. The van der Waals surface area contributed by atoms with Crippen LogP contribution in [-0.4, -0.2) is 31.6 Å². The molecule has 0 atom stereocenters. The number of amides is 1. The van der Waals surface area contributed by atoms with Gasteiger partial charge in [0.15, 0.2) is 6.61 Å². The molecule has 0 saturated carbocycles. The first-order chi connectivity index (χ1) is 12.0. The fourth-order valence-electron chi connectivity index (χ4n) is 1.90. The number of rotatable bonds is 5. The van der Waals surface area contributed by atoms with E-state index < -0.39 is 24.5 Å². The average Bonchev–Trinajstić information content (AvgIpc) is 2.66. The van der Waals surface area contributed by atoms with Crippen LogP contribution in [0.3, 0.4) is 0 Å². The van der Waals surface area contributed by atoms with Gasteiger partial charge >= 0.3 is 11.9 Å². The van der Waals surface area contributed by atoms with Crippen molar-refractivity contribution in [3.8, 4) is 6.07 Å². The topological polar surface area (TPSA) is 105 Å². The predicted octanol–water partition coefficient (Wildman–Crippen LogP) is 2.14. The van der Waals surface area contributed by atoms with Crippen LogP contribution in [0.1, 0.15) is 26.3 Å². The summed E-state index contributed by atoms with van der Waals surface area (Å²) in [5, 5.41) is 11.2. The molecule has 0 spiro atoms. The summed E-state index contributed by atoms with van der Waals surface area (Å²) < 4.78 is 9.48. The molecular weight excluding hydrogens is 324 g/mol. The van der Waals surface area contributed by atoms with E-state index in [1.165, 1.54) is 31.4 Å². The molecule has 0 aliphatic carbocycles. The molecule has 0 aliphatic heterocycles. The highest BCUT2D eigenvalue weighted by Crippen LogP contribution is 2.09. The van der Waals surface area contributed by atoms with Crippen LogP contribution >= 0.6 is 0 Å². The van der Waals surface area contributed by atoms with E-state index in [0.29, 0.717) is 16.8 Å². The predicted molar refractivity (Wildman–Crippen MR) is 87.9 cm³/mol. The van der Waals surface area contributed by atoms with Gasteiger partial charge in [-0.3, -0.25) is 4.79 Å². The summed E-state index contributed by atoms with van der Waals surface area (Å²) in [5.74, 6) is -1.71. The van der Waals surface area contributed by atoms with Gasteiger partial charge in [0.05, 0.1) is 29.9 Å². The zero-order valence-corrected chi connectivity index (χ0v) is 13.3. The van der Waals surface area contributed by atoms with Gasteiger partial charge in [-0.05, 0) is 48.5 Å². The Bertz CT molecular complexity index is 820. The van der Waals surface area contributed by atoms with Crippen LogP contribution in [0.5, 0.6) is 0 Å². The number of hydrogen-bond acceptors (Lipinski definition) is 6. The second-order valence-electron chi connectivity index (χ2n) is 4.88. The van der Waals surface area contributed by atoms with Gasteiger partial charge in [-0.1, -0.05) is 0 Å². The fraction of sp³-hybridized carbons (Fsp3) is 0.111. The quantitative estimate of drug-likeness (QED) is 0.837. The lowest BCUT2D eigenvalue weighted by Gasteiger charge is -2.07. The number of esters is 2. The molecule has 1 amide bonds. The van der Waals surface area contributed by atoms with Gasteiger partial charge < -0.3 is 14.8 Å². The van der Waals surface area contributed by atoms with Crippen molar-refractivity contribution in [2.24, 2.45) is 0 Å². The van der Waals surface area contributed by atoms with Crippen LogP contribution in [0.25, 0.3) is 0 Å². The number of carbonyl (C=O) groups excluding carboxylic acids is 3. The van der Waals surface area contributed by atoms with E-state index in [1.54, 1.807) is 24.3 Å². The van der Waals surface area contributed by atoms with Gasteiger partial charge in [0.1, 0.15) is 0 Å². The van der Waals surface area contributed by atoms with Gasteiger partial charge in [0.25, 0.3) is 5.91 Å². The number of anilines is 1. The monoisotopic (exact) mass is 338 g/mol. The van der Waals surface area contributed by atoms with E-state index in [9.17, 15) is 14.4 Å². The lowest BCUT2D eigenvalue weighted by atomic mass is 10.1. The summed E-state index contributed by atoms with van der Waals surface area (Å²) in [4.78, 5) is 35.0. The van der Waals surface area contributed by atoms with Gasteiger partial charge in [-0.15, -0.1) is 0 Å². The number of nitriles is 1. The average molecular weight is 338 g/mol. The SMILES string of the molecule is COC(=O)c1ccc(C(=O)OCC(=O)Nc2ccc(C#N)cc2)cc1. The van der Waals surface area contributed by atoms with E-state index >= 15 is 0 Å². The second kappa shape index (κ2) is 8.26. The number of methoxy groups -OCH3 is 1. The maximum atomic E-state index is 11.9. The molecule has 0 unspecified atom stereocenters. The van der Waals surface area contributed by atoms with Gasteiger partial charge in [-0.2, -0.15) is 5.26 Å². The van der Waals surface area contributed by atoms with Crippen molar-refractivity contribution in [2.45, 2.75) is 0 Å². The first-order valence-electron chi connectivity index (χ1n) is 7.19. The maximum Gasteiger partial charge on any atom is 0.338 e. The summed E-state index contributed by atoms with van der Waals surface area (Å²) in [7, 11) is 1.26. The molecule has 25 heavy (non-hydrogen) atoms. The smallest absolute Gasteiger partial charge is 0.338 e. The van der Waals surface area contributed by atoms with Gasteiger partial charge in [0.2, 0.25) is 0 Å². The zero-order valence-electron chi connectivity index (χ0n) is 13.3. The molecule has 2 aromatic carbocycles. The van der Waals surface area contributed by atoms with Crippen molar-refractivity contribution in [2.75, 3.05) is 19.0 Å². The van der Waals surface area contributed by atoms with Crippen molar-refractivity contribution in [3.63, 3.8) is 0 Å². The van der Waals surface area contributed by atoms with Gasteiger partial charge in [-0.25, -0.2) is 9.59 Å². The van der Waals surface area contributed by atoms with E-state index in [0.717, 1.165) is 0 Å². The van der Waals surface area contributed by atoms with Crippen molar-refractivity contribution in [1.82, 2.24) is 0 Å². The Morgan fingerprint density at radius 2 is 1.52 bits per heavy atom. The lowest BCUT2D eigenvalue weighted by molar-refractivity contribution is -0.119. The number of nitrogens with zero attached hydrogens (tertiary/aromatic N) is 1. The standard InChI is InChI=1S/C18H14N2O5/c1-24-17(22)13-4-6-14(7-5-13)18(23)25-11-16(21)20-15-8-2-12(10-19)3-9-15/h2-9H,11H2,1H3,(H,20,21). The molecule has 7 nitrogen and oxygen atoms in total. The van der Waals surface area contributed by atoms with Crippen LogP contribution in [0, 0.1) is 11.3 Å². The Labute approximate surface area is 143 Å². The third kappa shape index (κ3) is 4.91. The molecule has 1 N–H and O–H groups in total. The van der Waals surface area contributed by atoms with Crippen molar-refractivity contribution in [1.29, 1.82) is 5.26 Å². The number of carbonyl (C=O) groups is 3. The molecule has 2 aromatic rings. The summed E-state index contributed by atoms with van der Waals surface area (Å²) in [6.07, 6.45) is 0. The van der Waals surface area contributed by atoms with Crippen LogP contribution < -0.4 is 5.32 Å². The number of nitrogens with one attached hydrogen (secondary N) is 1. The molecule has 0 radical (unpaired) electrons. The molecule has 7 heteroatoms. The highest BCUT2D eigenvalue weighted by Gasteiger charge is 2.12. The Balaban J connectivity index is 1.87. The van der Waals surface area contributed by atoms with E-state index in [4.69, 9.17) is 10.00 Å². The minimum absolute atomic E-state index is 0.207. The minimum atomic E-state index is -0.689. The van der Waals surface area contributed by atoms with Crippen LogP contribution in [0.2, 0.25) is 0 Å². The second-order valence-corrected chi connectivity index (χ2v) is 4.88. The molecule has 0 aromatic heterocycles. The van der Waals surface area contributed by atoms with E-state index in [-0.39, 0.29) is 5.56 Å². The molecule has 126 valence electrons. The number of ether oxygens (including phenoxy) is 2. The number of benzene rings is 2. The summed E-state index contributed by atoms with van der Waals surface area (Å²) in [6, 6.07) is 13.9. The van der Waals surface area contributed by atoms with E-state index in [2.05, 4.69) is 10.1 Å². The zero-order chi connectivity index (χ0) is 18.2. The molecule has 2 rings (SSSR count). The highest BCUT2D eigenvalue weighted by molar-refractivity contribution is 5.96. The first-order valence-corrected chi connectivity index (χ1v) is 7.19. The molecule has 0 saturated heterocycles. The van der Waals surface area contributed by atoms with Gasteiger partial charge in [0, 0.05) is 5.69 Å². The third-order valence-corrected chi connectivity index (χ3v) is 3.17. The summed E-state index contributed by atoms with van der Waals surface area (Å²) in [5.41, 5.74) is 1.47. The number of hydrogen-bond donors (Lipinski definition) is 1. The van der Waals surface area contributed by atoms with Crippen LogP contribution in [0.4, 0.5) is 5.69 Å². The Kier molecular flexibility index (Phi) is 5.85. The first kappa shape index (κ1) is 17.7. The van der Waals surface area contributed by atoms with Crippen molar-refractivity contribution < 1.29 is 23.9 Å². The molecule has 0 fully saturated rings. The van der Waals surface area contributed by atoms with Crippen molar-refractivity contribution >= 4 is 23.5 Å². The Hall–Kier alpha value is -3.66. The third-order valence-electron chi connectivity index (χ3n) is 3.17. The fourth-order valence-corrected chi connectivity index (χ4v) is 1.90. The van der Waals surface area contributed by atoms with Crippen LogP contribution in [-0.2, 0) is 14.3 Å². The molecule has 0 heterocycles. The highest BCUT2D eigenvalue weighted by atomic mass is 16.5. The molecule has 0 bridgehead atoms. The lowest BCUT2D eigenvalue weighted by Crippen LogP contribution is -2.21. The van der Waals surface area contributed by atoms with Crippen LogP contribution in [0.15, 0.2) is 48.5 Å². The maximum absolute atomic E-state index is 11.9. The Morgan fingerprint density at radius 1 is 0.960 bits per heavy atom. The minimum Gasteiger partial charge on any atom is -0.465 e. The Morgan fingerprint density at radius 3 is 2.04 bits per heavy atom. The van der Waals surface area contributed by atoms with Crippen molar-refractivity contribution in [3.05, 3.63) is 65.2 Å². The molecule has 0 aliphatic rings. The molecular formula is C18H14N2O5. The normalized spacial score (nSPS) is 9.60. The summed E-state index contributed by atoms with van der Waals surface area (Å²) >= 11 is 0. The van der Waals surface area contributed by atoms with E-state index in [1.807, 2.05) is 6.07 Å².